The number of nitrogens with one attached hydrogen (secondary N) is 1. The first-order chi connectivity index (χ1) is 15.3. The van der Waals surface area contributed by atoms with Gasteiger partial charge in [0.2, 0.25) is 11.6 Å². The van der Waals surface area contributed by atoms with Gasteiger partial charge in [0.25, 0.3) is 11.6 Å². The highest BCUT2D eigenvalue weighted by atomic mass is 19.3. The third-order valence-corrected chi connectivity index (χ3v) is 5.84. The van der Waals surface area contributed by atoms with Crippen LogP contribution in [0.15, 0.2) is 30.5 Å². The van der Waals surface area contributed by atoms with E-state index in [-0.39, 0.29) is 16.9 Å². The Morgan fingerprint density at radius 3 is 2.52 bits per heavy atom. The molecule has 11 heteroatoms. The molecular weight excluding hydrogens is 448 g/mol. The van der Waals surface area contributed by atoms with E-state index in [4.69, 9.17) is 4.74 Å². The maximum atomic E-state index is 14.4. The summed E-state index contributed by atoms with van der Waals surface area (Å²) in [5.41, 5.74) is -1.19. The van der Waals surface area contributed by atoms with E-state index in [9.17, 15) is 32.4 Å². The second-order valence-electron chi connectivity index (χ2n) is 8.29. The predicted octanol–water partition coefficient (Wildman–Crippen LogP) is 3.94. The van der Waals surface area contributed by atoms with Gasteiger partial charge in [-0.05, 0) is 25.8 Å². The Labute approximate surface area is 186 Å². The van der Waals surface area contributed by atoms with E-state index in [2.05, 4.69) is 10.1 Å². The van der Waals surface area contributed by atoms with Gasteiger partial charge in [0.05, 0.1) is 11.3 Å². The molecule has 0 saturated carbocycles. The summed E-state index contributed by atoms with van der Waals surface area (Å²) in [5.74, 6) is -6.72. The molecule has 1 saturated heterocycles. The van der Waals surface area contributed by atoms with Gasteiger partial charge < -0.3 is 20.0 Å². The molecule has 1 N–H and O–H groups in total. The van der Waals surface area contributed by atoms with Crippen LogP contribution in [0.1, 0.15) is 49.7 Å². The van der Waals surface area contributed by atoms with Gasteiger partial charge in [-0.1, -0.05) is 13.0 Å². The van der Waals surface area contributed by atoms with Crippen LogP contribution in [0.3, 0.4) is 0 Å². The van der Waals surface area contributed by atoms with Gasteiger partial charge in [-0.2, -0.15) is 17.9 Å². The van der Waals surface area contributed by atoms with Crippen molar-refractivity contribution in [1.29, 1.82) is 0 Å². The number of pyridine rings is 1. The Balaban J connectivity index is 2.02. The van der Waals surface area contributed by atoms with Crippen molar-refractivity contribution in [2.75, 3.05) is 5.32 Å². The Morgan fingerprint density at radius 2 is 1.91 bits per heavy atom. The molecule has 0 radical (unpaired) electrons. The highest BCUT2D eigenvalue weighted by molar-refractivity contribution is 5.97. The SMILES string of the molecule is CC(=O)c1cc(NC(=O)[C@@H]2OC(C)(C)[C@H](C)[C@H]2c2ccc(F)c(F)c2OC(F)F)cc[n+]1[O-]. The van der Waals surface area contributed by atoms with Gasteiger partial charge in [0.1, 0.15) is 6.10 Å². The summed E-state index contributed by atoms with van der Waals surface area (Å²) in [7, 11) is 0. The number of carbonyl (C=O) groups is 2. The van der Waals surface area contributed by atoms with Gasteiger partial charge in [0, 0.05) is 30.5 Å². The number of hydrogen-bond donors (Lipinski definition) is 1. The Kier molecular flexibility index (Phi) is 6.64. The standard InChI is InChI=1S/C22H22F4N2O5/c1-10-16(13-5-6-14(23)17(24)18(13)32-21(25)26)19(33-22(10,3)4)20(30)27-12-7-8-28(31)15(9-12)11(2)29/h5-10,16,19,21H,1-4H3,(H,27,30)/t10-,16+,19-/m1/s1. The number of hydrogen-bond acceptors (Lipinski definition) is 5. The van der Waals surface area contributed by atoms with E-state index >= 15 is 0 Å². The molecule has 0 bridgehead atoms. The zero-order chi connectivity index (χ0) is 24.7. The smallest absolute Gasteiger partial charge is 0.387 e. The molecule has 33 heavy (non-hydrogen) atoms. The van der Waals surface area contributed by atoms with Crippen molar-refractivity contribution in [2.45, 2.75) is 51.9 Å². The second kappa shape index (κ2) is 8.97. The predicted molar refractivity (Wildman–Crippen MR) is 108 cm³/mol. The summed E-state index contributed by atoms with van der Waals surface area (Å²) in [6, 6.07) is 4.28. The summed E-state index contributed by atoms with van der Waals surface area (Å²) in [6.45, 7) is 2.78. The van der Waals surface area contributed by atoms with Crippen LogP contribution < -0.4 is 14.8 Å². The number of Topliss-reactive ketones (excluding diaryl/α,β-unsaturated/α-hetero) is 1. The number of alkyl halides is 2. The van der Waals surface area contributed by atoms with Crippen molar-refractivity contribution in [3.8, 4) is 5.75 Å². The minimum absolute atomic E-state index is 0.117. The number of rotatable bonds is 6. The zero-order valence-corrected chi connectivity index (χ0v) is 18.2. The third-order valence-electron chi connectivity index (χ3n) is 5.84. The van der Waals surface area contributed by atoms with E-state index < -0.39 is 59.2 Å². The van der Waals surface area contributed by atoms with Gasteiger partial charge in [-0.3, -0.25) is 9.59 Å². The quantitative estimate of drug-likeness (QED) is 0.299. The monoisotopic (exact) mass is 470 g/mol. The molecule has 1 amide bonds. The number of anilines is 1. The lowest BCUT2D eigenvalue weighted by molar-refractivity contribution is -0.607. The van der Waals surface area contributed by atoms with Crippen LogP contribution in [0.25, 0.3) is 0 Å². The Morgan fingerprint density at radius 1 is 1.24 bits per heavy atom. The zero-order valence-electron chi connectivity index (χ0n) is 18.2. The van der Waals surface area contributed by atoms with Gasteiger partial charge in [0.15, 0.2) is 17.8 Å². The largest absolute Gasteiger partial charge is 0.618 e. The average molecular weight is 470 g/mol. The third kappa shape index (κ3) is 4.77. The number of amides is 1. The number of benzene rings is 1. The van der Waals surface area contributed by atoms with E-state index in [1.807, 2.05) is 0 Å². The number of ketones is 1. The van der Waals surface area contributed by atoms with Crippen LogP contribution in [0, 0.1) is 22.8 Å². The summed E-state index contributed by atoms with van der Waals surface area (Å²) < 4.78 is 64.6. The fourth-order valence-corrected chi connectivity index (χ4v) is 3.91. The van der Waals surface area contributed by atoms with E-state index in [0.29, 0.717) is 4.73 Å². The molecule has 0 aliphatic carbocycles. The number of ether oxygens (including phenoxy) is 2. The fraction of sp³-hybridized carbons (Fsp3) is 0.409. The molecule has 2 aromatic rings. The maximum Gasteiger partial charge on any atom is 0.387 e. The molecule has 1 aliphatic rings. The first kappa shape index (κ1) is 24.4. The minimum atomic E-state index is -3.42. The normalized spacial score (nSPS) is 21.8. The van der Waals surface area contributed by atoms with Crippen molar-refractivity contribution in [1.82, 2.24) is 0 Å². The lowest BCUT2D eigenvalue weighted by Gasteiger charge is -2.26. The lowest BCUT2D eigenvalue weighted by atomic mass is 9.78. The molecule has 0 unspecified atom stereocenters. The second-order valence-corrected chi connectivity index (χ2v) is 8.29. The van der Waals surface area contributed by atoms with E-state index in [0.717, 1.165) is 18.3 Å². The van der Waals surface area contributed by atoms with Crippen molar-refractivity contribution >= 4 is 17.4 Å². The summed E-state index contributed by atoms with van der Waals surface area (Å²) in [4.78, 5) is 24.7. The molecule has 0 spiro atoms. The number of halogens is 4. The molecular formula is C22H22F4N2O5. The molecule has 178 valence electrons. The molecule has 2 heterocycles. The summed E-state index contributed by atoms with van der Waals surface area (Å²) in [6.07, 6.45) is -0.268. The summed E-state index contributed by atoms with van der Waals surface area (Å²) >= 11 is 0. The van der Waals surface area contributed by atoms with Crippen LogP contribution in [-0.2, 0) is 9.53 Å². The molecule has 1 aromatic heterocycles. The maximum absolute atomic E-state index is 14.4. The number of nitrogens with zero attached hydrogens (tertiary/aromatic N) is 1. The van der Waals surface area contributed by atoms with E-state index in [1.54, 1.807) is 20.8 Å². The molecule has 1 aliphatic heterocycles. The van der Waals surface area contributed by atoms with Crippen molar-refractivity contribution in [2.24, 2.45) is 5.92 Å². The Hall–Kier alpha value is -3.21. The lowest BCUT2D eigenvalue weighted by Crippen LogP contribution is -2.35. The highest BCUT2D eigenvalue weighted by Gasteiger charge is 2.52. The van der Waals surface area contributed by atoms with Crippen LogP contribution in [-0.4, -0.2) is 30.0 Å². The van der Waals surface area contributed by atoms with Crippen molar-refractivity contribution < 1.29 is 41.4 Å². The summed E-state index contributed by atoms with van der Waals surface area (Å²) in [5, 5.41) is 14.2. The van der Waals surface area contributed by atoms with Gasteiger partial charge in [-0.15, -0.1) is 0 Å². The Bertz CT molecular complexity index is 1090. The molecule has 1 aromatic carbocycles. The molecule has 7 nitrogen and oxygen atoms in total. The highest BCUT2D eigenvalue weighted by Crippen LogP contribution is 2.49. The first-order valence-electron chi connectivity index (χ1n) is 9.99. The number of aromatic nitrogens is 1. The van der Waals surface area contributed by atoms with Crippen LogP contribution in [0.2, 0.25) is 0 Å². The minimum Gasteiger partial charge on any atom is -0.618 e. The van der Waals surface area contributed by atoms with Crippen molar-refractivity contribution in [3.05, 3.63) is 58.6 Å². The molecule has 3 atom stereocenters. The molecule has 3 rings (SSSR count). The van der Waals surface area contributed by atoms with Crippen LogP contribution in [0.5, 0.6) is 5.75 Å². The first-order valence-corrected chi connectivity index (χ1v) is 9.99. The fourth-order valence-electron chi connectivity index (χ4n) is 3.91. The topological polar surface area (TPSA) is 91.6 Å². The van der Waals surface area contributed by atoms with E-state index in [1.165, 1.54) is 19.1 Å². The average Bonchev–Trinajstić information content (AvgIpc) is 2.96. The molecule has 1 fully saturated rings. The van der Waals surface area contributed by atoms with Crippen molar-refractivity contribution in [3.63, 3.8) is 0 Å². The van der Waals surface area contributed by atoms with Gasteiger partial charge in [-0.25, -0.2) is 4.39 Å². The van der Waals surface area contributed by atoms with Crippen LogP contribution in [0.4, 0.5) is 23.2 Å². The van der Waals surface area contributed by atoms with Crippen LogP contribution >= 0.6 is 0 Å². The van der Waals surface area contributed by atoms with Gasteiger partial charge >= 0.3 is 6.61 Å². The number of carbonyl (C=O) groups excluding carboxylic acids is 2.